The number of halogens is 2. The zero-order chi connectivity index (χ0) is 38.1. The summed E-state index contributed by atoms with van der Waals surface area (Å²) in [6, 6.07) is 14.5. The van der Waals surface area contributed by atoms with Crippen molar-refractivity contribution in [2.75, 3.05) is 26.8 Å². The van der Waals surface area contributed by atoms with Crippen LogP contribution in [-0.4, -0.2) is 66.0 Å². The van der Waals surface area contributed by atoms with Crippen molar-refractivity contribution in [3.8, 4) is 23.0 Å². The lowest BCUT2D eigenvalue weighted by atomic mass is 9.49. The number of allylic oxidation sites excluding steroid dienone is 2. The van der Waals surface area contributed by atoms with Crippen LogP contribution in [0, 0.1) is 23.7 Å². The molecule has 6 unspecified atom stereocenters. The van der Waals surface area contributed by atoms with Crippen molar-refractivity contribution in [3.05, 3.63) is 87.4 Å². The SMILES string of the molecule is COc1ccc(C23C(=O)N(Nc4ccc(Cl)cc4Cl)C(=O)C2CC2C(=CCC4C(=O)N(C5CCCCC5)C(=O)C42)C3c2c(OC)cc(O)cc2OC)cc1. The minimum Gasteiger partial charge on any atom is -0.508 e. The number of amides is 4. The predicted molar refractivity (Wildman–Crippen MR) is 201 cm³/mol. The van der Waals surface area contributed by atoms with E-state index in [4.69, 9.17) is 37.4 Å². The van der Waals surface area contributed by atoms with Gasteiger partial charge in [0, 0.05) is 34.7 Å². The van der Waals surface area contributed by atoms with Crippen LogP contribution in [0.4, 0.5) is 5.69 Å². The highest BCUT2D eigenvalue weighted by Crippen LogP contribution is 2.66. The predicted octanol–water partition coefficient (Wildman–Crippen LogP) is 7.04. The normalized spacial score (nSPS) is 28.0. The largest absolute Gasteiger partial charge is 0.508 e. The number of methoxy groups -OCH3 is 3. The van der Waals surface area contributed by atoms with Crippen molar-refractivity contribution in [1.29, 1.82) is 0 Å². The number of carbonyl (C=O) groups is 4. The molecule has 282 valence electrons. The van der Waals surface area contributed by atoms with E-state index in [1.165, 1.54) is 37.3 Å². The van der Waals surface area contributed by atoms with Crippen molar-refractivity contribution in [2.24, 2.45) is 23.7 Å². The molecule has 0 radical (unpaired) electrons. The van der Waals surface area contributed by atoms with E-state index in [0.717, 1.165) is 42.7 Å². The van der Waals surface area contributed by atoms with Crippen LogP contribution < -0.4 is 19.6 Å². The Morgan fingerprint density at radius 2 is 1.50 bits per heavy atom. The first-order valence-electron chi connectivity index (χ1n) is 18.3. The molecular weight excluding hydrogens is 733 g/mol. The van der Waals surface area contributed by atoms with Gasteiger partial charge in [0.05, 0.1) is 55.2 Å². The quantitative estimate of drug-likeness (QED) is 0.183. The van der Waals surface area contributed by atoms with Crippen molar-refractivity contribution < 1.29 is 38.5 Å². The highest BCUT2D eigenvalue weighted by atomic mass is 35.5. The van der Waals surface area contributed by atoms with E-state index in [2.05, 4.69) is 5.43 Å². The Bertz CT molecular complexity index is 2060. The number of aromatic hydroxyl groups is 1. The molecule has 5 aliphatic rings. The first kappa shape index (κ1) is 36.2. The van der Waals surface area contributed by atoms with E-state index in [1.54, 1.807) is 43.5 Å². The second kappa shape index (κ2) is 13.8. The molecule has 3 aliphatic carbocycles. The number of hydrogen-bond donors (Lipinski definition) is 2. The Balaban J connectivity index is 1.37. The van der Waals surface area contributed by atoms with Gasteiger partial charge in [0.2, 0.25) is 11.8 Å². The molecule has 54 heavy (non-hydrogen) atoms. The Hall–Kier alpha value is -4.74. The third-order valence-corrected chi connectivity index (χ3v) is 12.9. The molecule has 0 spiro atoms. The summed E-state index contributed by atoms with van der Waals surface area (Å²) in [6.07, 6.45) is 6.93. The van der Waals surface area contributed by atoms with Crippen molar-refractivity contribution >= 4 is 52.5 Å². The molecule has 13 heteroatoms. The van der Waals surface area contributed by atoms with Gasteiger partial charge in [-0.15, -0.1) is 0 Å². The molecule has 6 atom stereocenters. The molecule has 0 bridgehead atoms. The van der Waals surface area contributed by atoms with Gasteiger partial charge in [-0.25, -0.2) is 0 Å². The molecule has 8 rings (SSSR count). The van der Waals surface area contributed by atoms with Crippen molar-refractivity contribution in [2.45, 2.75) is 62.3 Å². The van der Waals surface area contributed by atoms with E-state index in [9.17, 15) is 14.7 Å². The summed E-state index contributed by atoms with van der Waals surface area (Å²) in [5, 5.41) is 12.4. The van der Waals surface area contributed by atoms with Crippen molar-refractivity contribution in [3.63, 3.8) is 0 Å². The minimum absolute atomic E-state index is 0.118. The first-order chi connectivity index (χ1) is 26.0. The standard InChI is InChI=1S/C41H41Cl2N3O8/c1-52-25-12-9-21(10-13-25)41-29(38(49)46(40(41)51)44-31-16-11-22(42)17-30(31)43)20-28-26(36(41)35-32(53-2)18-24(47)19-33(35)54-3)14-15-27-34(28)39(50)45(37(27)48)23-7-5-4-6-8-23/h9-14,16-19,23,27-29,34,36,44,47H,4-8,15,20H2,1-3H3. The number of fused-ring (bicyclic) bond motifs is 4. The highest BCUT2D eigenvalue weighted by Gasteiger charge is 2.71. The number of benzene rings is 3. The number of nitrogens with zero attached hydrogens (tertiary/aromatic N) is 2. The number of anilines is 1. The lowest BCUT2D eigenvalue weighted by Gasteiger charge is -2.51. The Kier molecular flexibility index (Phi) is 9.29. The van der Waals surface area contributed by atoms with E-state index >= 15 is 9.59 Å². The van der Waals surface area contributed by atoms with E-state index in [1.807, 2.05) is 6.08 Å². The summed E-state index contributed by atoms with van der Waals surface area (Å²) in [4.78, 5) is 61.0. The molecule has 11 nitrogen and oxygen atoms in total. The van der Waals surface area contributed by atoms with Gasteiger partial charge in [0.15, 0.2) is 0 Å². The summed E-state index contributed by atoms with van der Waals surface area (Å²) in [5.41, 5.74) is 3.37. The zero-order valence-corrected chi connectivity index (χ0v) is 31.7. The van der Waals surface area contributed by atoms with Gasteiger partial charge in [-0.05, 0) is 67.5 Å². The van der Waals surface area contributed by atoms with Gasteiger partial charge in [0.25, 0.3) is 11.8 Å². The number of imide groups is 2. The molecular formula is C41H41Cl2N3O8. The fourth-order valence-electron chi connectivity index (χ4n) is 10.1. The molecule has 4 amide bonds. The second-order valence-electron chi connectivity index (χ2n) is 14.8. The fraction of sp³-hybridized carbons (Fsp3) is 0.415. The summed E-state index contributed by atoms with van der Waals surface area (Å²) < 4.78 is 17.4. The molecule has 0 aromatic heterocycles. The van der Waals surface area contributed by atoms with Crippen LogP contribution in [0.5, 0.6) is 23.0 Å². The topological polar surface area (TPSA) is 135 Å². The van der Waals surface area contributed by atoms with Gasteiger partial charge in [-0.1, -0.05) is 66.2 Å². The fourth-order valence-corrected chi connectivity index (χ4v) is 10.5. The number of phenols is 1. The van der Waals surface area contributed by atoms with E-state index < -0.39 is 46.8 Å². The second-order valence-corrected chi connectivity index (χ2v) is 15.7. The zero-order valence-electron chi connectivity index (χ0n) is 30.1. The average molecular weight is 775 g/mol. The monoisotopic (exact) mass is 773 g/mol. The number of carbonyl (C=O) groups excluding carboxylic acids is 4. The van der Waals surface area contributed by atoms with Crippen LogP contribution in [0.25, 0.3) is 0 Å². The maximum absolute atomic E-state index is 15.6. The van der Waals surface area contributed by atoms with Gasteiger partial charge in [0.1, 0.15) is 23.0 Å². The average Bonchev–Trinajstić information content (AvgIpc) is 3.56. The van der Waals surface area contributed by atoms with Gasteiger partial charge in [-0.3, -0.25) is 29.5 Å². The molecule has 2 saturated carbocycles. The van der Waals surface area contributed by atoms with Gasteiger partial charge in [-0.2, -0.15) is 5.01 Å². The number of likely N-dealkylation sites (tertiary alicyclic amines) is 1. The van der Waals surface area contributed by atoms with Crippen LogP contribution in [0.15, 0.2) is 66.2 Å². The molecule has 3 aromatic carbocycles. The van der Waals surface area contributed by atoms with Crippen LogP contribution >= 0.6 is 23.2 Å². The van der Waals surface area contributed by atoms with E-state index in [-0.39, 0.29) is 53.0 Å². The summed E-state index contributed by atoms with van der Waals surface area (Å²) in [5.74, 6) is -4.42. The summed E-state index contributed by atoms with van der Waals surface area (Å²) in [7, 11) is 4.46. The molecule has 4 fully saturated rings. The third-order valence-electron chi connectivity index (χ3n) is 12.4. The number of ether oxygens (including phenoxy) is 3. The highest BCUT2D eigenvalue weighted by molar-refractivity contribution is 6.36. The van der Waals surface area contributed by atoms with Gasteiger partial charge >= 0.3 is 0 Å². The number of nitrogens with one attached hydrogen (secondary N) is 1. The van der Waals surface area contributed by atoms with Crippen LogP contribution in [-0.2, 0) is 24.6 Å². The van der Waals surface area contributed by atoms with Crippen LogP contribution in [0.1, 0.15) is 62.0 Å². The number of rotatable bonds is 8. The Labute approximate surface area is 323 Å². The molecule has 2 aliphatic heterocycles. The summed E-state index contributed by atoms with van der Waals surface area (Å²) in [6.45, 7) is 0. The Morgan fingerprint density at radius 1 is 0.815 bits per heavy atom. The maximum Gasteiger partial charge on any atom is 0.260 e. The third kappa shape index (κ3) is 5.37. The van der Waals surface area contributed by atoms with E-state index in [0.29, 0.717) is 27.6 Å². The summed E-state index contributed by atoms with van der Waals surface area (Å²) >= 11 is 12.8. The van der Waals surface area contributed by atoms with Crippen LogP contribution in [0.2, 0.25) is 10.0 Å². The molecule has 2 heterocycles. The molecule has 3 aromatic rings. The lowest BCUT2D eigenvalue weighted by molar-refractivity contribution is -0.144. The number of hydrazine groups is 1. The lowest BCUT2D eigenvalue weighted by Crippen LogP contribution is -2.53. The van der Waals surface area contributed by atoms with Crippen LogP contribution in [0.3, 0.4) is 0 Å². The first-order valence-corrected chi connectivity index (χ1v) is 19.1. The minimum atomic E-state index is -1.63. The van der Waals surface area contributed by atoms with Gasteiger partial charge < -0.3 is 19.3 Å². The molecule has 2 N–H and O–H groups in total. The molecule has 2 saturated heterocycles. The number of hydrogen-bond acceptors (Lipinski definition) is 9. The smallest absolute Gasteiger partial charge is 0.260 e. The Morgan fingerprint density at radius 3 is 2.13 bits per heavy atom. The maximum atomic E-state index is 15.6. The van der Waals surface area contributed by atoms with Crippen molar-refractivity contribution in [1.82, 2.24) is 9.91 Å². The number of phenolic OH excluding ortho intramolecular Hbond substituents is 1.